The summed E-state index contributed by atoms with van der Waals surface area (Å²) in [4.78, 5) is 4.96. The second-order valence-electron chi connectivity index (χ2n) is 9.75. The molecule has 0 aliphatic rings. The highest BCUT2D eigenvalue weighted by Gasteiger charge is 2.23. The van der Waals surface area contributed by atoms with Gasteiger partial charge in [-0.2, -0.15) is 0 Å². The number of furan rings is 1. The van der Waals surface area contributed by atoms with Gasteiger partial charge >= 0.3 is 0 Å². The van der Waals surface area contributed by atoms with E-state index in [-0.39, 0.29) is 5.41 Å². The van der Waals surface area contributed by atoms with Crippen molar-refractivity contribution in [2.24, 2.45) is 0 Å². The van der Waals surface area contributed by atoms with E-state index >= 15 is 0 Å². The molecule has 0 atom stereocenters. The van der Waals surface area contributed by atoms with Crippen molar-refractivity contribution in [3.63, 3.8) is 0 Å². The molecule has 152 valence electrons. The Bertz CT molecular complexity index is 1630. The third-order valence-electron chi connectivity index (χ3n) is 6.84. The van der Waals surface area contributed by atoms with Gasteiger partial charge in [0.05, 0.1) is 0 Å². The van der Waals surface area contributed by atoms with Gasteiger partial charge in [-0.3, -0.25) is 4.98 Å². The standard InChI is InChI=1S/C29H25NO/c1-16-17(2)22-15-30-27(28-26(22)25-20(16)11-8-12-24(25)31-28)19-13-18-9-6-7-10-21(18)23(14-19)29(3,4)5/h6-15H,1-5H3. The Kier molecular flexibility index (Phi) is 3.60. The van der Waals surface area contributed by atoms with Crippen LogP contribution in [0.5, 0.6) is 0 Å². The predicted molar refractivity (Wildman–Crippen MR) is 131 cm³/mol. The number of aryl methyl sites for hydroxylation is 2. The van der Waals surface area contributed by atoms with Gasteiger partial charge in [-0.25, -0.2) is 0 Å². The molecular weight excluding hydrogens is 378 g/mol. The van der Waals surface area contributed by atoms with Crippen LogP contribution in [0.4, 0.5) is 0 Å². The lowest BCUT2D eigenvalue weighted by atomic mass is 9.82. The van der Waals surface area contributed by atoms with E-state index in [1.807, 2.05) is 6.20 Å². The summed E-state index contributed by atoms with van der Waals surface area (Å²) in [6.07, 6.45) is 2.04. The molecule has 0 aliphatic carbocycles. The highest BCUT2D eigenvalue weighted by atomic mass is 16.3. The van der Waals surface area contributed by atoms with Crippen molar-refractivity contribution in [2.75, 3.05) is 0 Å². The molecule has 0 spiro atoms. The minimum Gasteiger partial charge on any atom is -0.454 e. The first kappa shape index (κ1) is 18.4. The van der Waals surface area contributed by atoms with E-state index in [1.54, 1.807) is 0 Å². The van der Waals surface area contributed by atoms with E-state index < -0.39 is 0 Å². The van der Waals surface area contributed by atoms with Crippen LogP contribution in [0, 0.1) is 13.8 Å². The average molecular weight is 404 g/mol. The molecule has 2 heterocycles. The molecule has 0 fully saturated rings. The van der Waals surface area contributed by atoms with Crippen LogP contribution in [0.2, 0.25) is 0 Å². The van der Waals surface area contributed by atoms with Crippen LogP contribution in [-0.4, -0.2) is 4.98 Å². The van der Waals surface area contributed by atoms with Gasteiger partial charge in [-0.05, 0) is 70.3 Å². The Labute approximate surface area is 181 Å². The van der Waals surface area contributed by atoms with Crippen molar-refractivity contribution >= 4 is 43.5 Å². The van der Waals surface area contributed by atoms with Gasteiger partial charge in [0.15, 0.2) is 5.58 Å². The van der Waals surface area contributed by atoms with E-state index in [0.29, 0.717) is 0 Å². The molecule has 2 nitrogen and oxygen atoms in total. The summed E-state index contributed by atoms with van der Waals surface area (Å²) in [5.41, 5.74) is 7.79. The zero-order valence-electron chi connectivity index (χ0n) is 18.6. The average Bonchev–Trinajstić information content (AvgIpc) is 3.15. The third-order valence-corrected chi connectivity index (χ3v) is 6.84. The smallest absolute Gasteiger partial charge is 0.162 e. The van der Waals surface area contributed by atoms with Crippen LogP contribution in [0.15, 0.2) is 65.2 Å². The van der Waals surface area contributed by atoms with Crippen molar-refractivity contribution in [1.82, 2.24) is 4.98 Å². The molecule has 2 aromatic heterocycles. The highest BCUT2D eigenvalue weighted by Crippen LogP contribution is 2.44. The number of hydrogen-bond acceptors (Lipinski definition) is 2. The second kappa shape index (κ2) is 6.07. The van der Waals surface area contributed by atoms with Crippen LogP contribution in [0.3, 0.4) is 0 Å². The first-order chi connectivity index (χ1) is 14.8. The molecule has 0 amide bonds. The van der Waals surface area contributed by atoms with E-state index in [1.165, 1.54) is 49.0 Å². The Morgan fingerprint density at radius 1 is 0.774 bits per heavy atom. The fraction of sp³-hybridized carbons (Fsp3) is 0.207. The lowest BCUT2D eigenvalue weighted by Crippen LogP contribution is -2.12. The van der Waals surface area contributed by atoms with Crippen LogP contribution in [0.25, 0.3) is 54.7 Å². The quantitative estimate of drug-likeness (QED) is 0.258. The van der Waals surface area contributed by atoms with Crippen LogP contribution < -0.4 is 0 Å². The summed E-state index contributed by atoms with van der Waals surface area (Å²) in [6.45, 7) is 11.2. The SMILES string of the molecule is Cc1c(C)c2cnc(-c3cc(C(C)(C)C)c4ccccc4c3)c3oc4cccc1c4c23. The Hall–Kier alpha value is -3.39. The molecule has 6 rings (SSSR count). The van der Waals surface area contributed by atoms with E-state index in [0.717, 1.165) is 22.4 Å². The maximum Gasteiger partial charge on any atom is 0.162 e. The molecule has 0 aliphatic heterocycles. The number of nitrogens with zero attached hydrogens (tertiary/aromatic N) is 1. The molecule has 2 heteroatoms. The number of fused-ring (bicyclic) bond motifs is 1. The van der Waals surface area contributed by atoms with Gasteiger partial charge in [0.1, 0.15) is 11.3 Å². The number of hydrogen-bond donors (Lipinski definition) is 0. The topological polar surface area (TPSA) is 26.0 Å². The van der Waals surface area contributed by atoms with Crippen molar-refractivity contribution < 1.29 is 4.42 Å². The van der Waals surface area contributed by atoms with Crippen molar-refractivity contribution in [3.8, 4) is 11.3 Å². The number of pyridine rings is 1. The Balaban J connectivity index is 1.76. The Morgan fingerprint density at radius 2 is 1.52 bits per heavy atom. The molecule has 6 aromatic rings. The van der Waals surface area contributed by atoms with Gasteiger partial charge in [-0.1, -0.05) is 57.2 Å². The summed E-state index contributed by atoms with van der Waals surface area (Å²) in [6, 6.07) is 19.5. The maximum absolute atomic E-state index is 6.48. The zero-order valence-corrected chi connectivity index (χ0v) is 18.6. The third kappa shape index (κ3) is 2.48. The predicted octanol–water partition coefficient (Wildman–Crippen LogP) is 8.31. The summed E-state index contributed by atoms with van der Waals surface area (Å²) < 4.78 is 6.48. The molecule has 0 radical (unpaired) electrons. The fourth-order valence-corrected chi connectivity index (χ4v) is 5.10. The van der Waals surface area contributed by atoms with Crippen LogP contribution >= 0.6 is 0 Å². The first-order valence-corrected chi connectivity index (χ1v) is 10.9. The van der Waals surface area contributed by atoms with Crippen molar-refractivity contribution in [3.05, 3.63) is 77.5 Å². The van der Waals surface area contributed by atoms with E-state index in [9.17, 15) is 0 Å². The van der Waals surface area contributed by atoms with Crippen LogP contribution in [0.1, 0.15) is 37.5 Å². The zero-order chi connectivity index (χ0) is 21.5. The molecule has 0 unspecified atom stereocenters. The molecule has 0 saturated heterocycles. The first-order valence-electron chi connectivity index (χ1n) is 10.9. The van der Waals surface area contributed by atoms with Crippen molar-refractivity contribution in [1.29, 1.82) is 0 Å². The van der Waals surface area contributed by atoms with E-state index in [4.69, 9.17) is 9.40 Å². The van der Waals surface area contributed by atoms with Gasteiger partial charge in [0.25, 0.3) is 0 Å². The maximum atomic E-state index is 6.48. The largest absolute Gasteiger partial charge is 0.454 e. The normalized spacial score (nSPS) is 12.7. The van der Waals surface area contributed by atoms with Gasteiger partial charge in [0, 0.05) is 27.9 Å². The highest BCUT2D eigenvalue weighted by molar-refractivity contribution is 6.25. The minimum absolute atomic E-state index is 0.0254. The van der Waals surface area contributed by atoms with Gasteiger partial charge in [-0.15, -0.1) is 0 Å². The minimum atomic E-state index is 0.0254. The number of aromatic nitrogens is 1. The molecular formula is C29H25NO. The monoisotopic (exact) mass is 403 g/mol. The van der Waals surface area contributed by atoms with Crippen LogP contribution in [-0.2, 0) is 5.41 Å². The fourth-order valence-electron chi connectivity index (χ4n) is 5.10. The number of rotatable bonds is 1. The Morgan fingerprint density at radius 3 is 2.32 bits per heavy atom. The molecule has 0 saturated carbocycles. The number of benzene rings is 4. The summed E-state index contributed by atoms with van der Waals surface area (Å²) in [5.74, 6) is 0. The summed E-state index contributed by atoms with van der Waals surface area (Å²) in [5, 5.41) is 7.41. The molecule has 4 aromatic carbocycles. The lowest BCUT2D eigenvalue weighted by Gasteiger charge is -2.22. The molecule has 31 heavy (non-hydrogen) atoms. The van der Waals surface area contributed by atoms with Crippen molar-refractivity contribution in [2.45, 2.75) is 40.0 Å². The lowest BCUT2D eigenvalue weighted by molar-refractivity contribution is 0.596. The second-order valence-corrected chi connectivity index (χ2v) is 9.75. The van der Waals surface area contributed by atoms with Gasteiger partial charge < -0.3 is 4.42 Å². The summed E-state index contributed by atoms with van der Waals surface area (Å²) >= 11 is 0. The van der Waals surface area contributed by atoms with E-state index in [2.05, 4.69) is 89.2 Å². The van der Waals surface area contributed by atoms with Gasteiger partial charge in [0.2, 0.25) is 0 Å². The molecule has 0 N–H and O–H groups in total. The summed E-state index contributed by atoms with van der Waals surface area (Å²) in [7, 11) is 0. The molecule has 0 bridgehead atoms.